The number of furan rings is 1. The first-order valence-electron chi connectivity index (χ1n) is 9.05. The highest BCUT2D eigenvalue weighted by Crippen LogP contribution is 2.27. The standard InChI is InChI=1S/C23H21N3O2/c1-15-9-10-20-18(12-15)19(14-21(25-20)22-8-5-11-28-22)23(27)24-16-6-4-7-17(13-16)26(2)3/h4-14H,1-3H3,(H,24,27). The first-order valence-corrected chi connectivity index (χ1v) is 9.05. The Labute approximate surface area is 163 Å². The summed E-state index contributed by atoms with van der Waals surface area (Å²) in [6, 6.07) is 19.1. The molecule has 0 saturated carbocycles. The molecule has 5 heteroatoms. The predicted molar refractivity (Wildman–Crippen MR) is 113 cm³/mol. The summed E-state index contributed by atoms with van der Waals surface area (Å²) in [7, 11) is 3.94. The van der Waals surface area contributed by atoms with E-state index in [9.17, 15) is 4.79 Å². The summed E-state index contributed by atoms with van der Waals surface area (Å²) in [4.78, 5) is 19.8. The smallest absolute Gasteiger partial charge is 0.256 e. The highest BCUT2D eigenvalue weighted by molar-refractivity contribution is 6.13. The number of nitrogens with one attached hydrogen (secondary N) is 1. The molecule has 0 unspecified atom stereocenters. The second-order valence-electron chi connectivity index (χ2n) is 6.95. The number of anilines is 2. The van der Waals surface area contributed by atoms with Crippen molar-refractivity contribution in [3.63, 3.8) is 0 Å². The first kappa shape index (κ1) is 17.8. The molecular weight excluding hydrogens is 350 g/mol. The van der Waals surface area contributed by atoms with Crippen molar-refractivity contribution >= 4 is 28.2 Å². The van der Waals surface area contributed by atoms with Crippen molar-refractivity contribution in [2.24, 2.45) is 0 Å². The molecule has 2 aromatic heterocycles. The lowest BCUT2D eigenvalue weighted by Crippen LogP contribution is -2.14. The van der Waals surface area contributed by atoms with Crippen LogP contribution in [0.15, 0.2) is 71.3 Å². The molecule has 0 aliphatic carbocycles. The van der Waals surface area contributed by atoms with Gasteiger partial charge in [0.15, 0.2) is 5.76 Å². The third-order valence-corrected chi connectivity index (χ3v) is 4.60. The maximum atomic E-state index is 13.2. The van der Waals surface area contributed by atoms with Crippen molar-refractivity contribution < 1.29 is 9.21 Å². The maximum Gasteiger partial charge on any atom is 0.256 e. The number of fused-ring (bicyclic) bond motifs is 1. The van der Waals surface area contributed by atoms with E-state index in [0.717, 1.165) is 27.8 Å². The molecule has 4 rings (SSSR count). The van der Waals surface area contributed by atoms with Gasteiger partial charge >= 0.3 is 0 Å². The van der Waals surface area contributed by atoms with E-state index in [2.05, 4.69) is 10.3 Å². The highest BCUT2D eigenvalue weighted by Gasteiger charge is 2.16. The summed E-state index contributed by atoms with van der Waals surface area (Å²) in [6.07, 6.45) is 1.60. The van der Waals surface area contributed by atoms with Gasteiger partial charge in [-0.05, 0) is 55.5 Å². The van der Waals surface area contributed by atoms with Crippen LogP contribution in [0.1, 0.15) is 15.9 Å². The van der Waals surface area contributed by atoms with E-state index >= 15 is 0 Å². The highest BCUT2D eigenvalue weighted by atomic mass is 16.3. The fourth-order valence-corrected chi connectivity index (χ4v) is 3.14. The minimum Gasteiger partial charge on any atom is -0.463 e. The molecule has 0 radical (unpaired) electrons. The Balaban J connectivity index is 1.79. The molecule has 0 aliphatic rings. The van der Waals surface area contributed by atoms with Gasteiger partial charge in [0.05, 0.1) is 17.3 Å². The molecule has 0 atom stereocenters. The second kappa shape index (κ2) is 7.19. The van der Waals surface area contributed by atoms with Crippen molar-refractivity contribution in [1.82, 2.24) is 4.98 Å². The van der Waals surface area contributed by atoms with E-state index in [1.165, 1.54) is 0 Å². The quantitative estimate of drug-likeness (QED) is 0.541. The molecule has 0 aliphatic heterocycles. The van der Waals surface area contributed by atoms with Crippen molar-refractivity contribution in [2.45, 2.75) is 6.92 Å². The van der Waals surface area contributed by atoms with Crippen LogP contribution >= 0.6 is 0 Å². The zero-order chi connectivity index (χ0) is 19.7. The van der Waals surface area contributed by atoms with Crippen LogP contribution in [0.25, 0.3) is 22.4 Å². The van der Waals surface area contributed by atoms with Gasteiger partial charge in [-0.2, -0.15) is 0 Å². The largest absolute Gasteiger partial charge is 0.463 e. The van der Waals surface area contributed by atoms with Gasteiger partial charge in [-0.3, -0.25) is 4.79 Å². The Morgan fingerprint density at radius 3 is 2.64 bits per heavy atom. The van der Waals surface area contributed by atoms with Crippen molar-refractivity contribution in [2.75, 3.05) is 24.3 Å². The number of carbonyl (C=O) groups excluding carboxylic acids is 1. The van der Waals surface area contributed by atoms with Crippen molar-refractivity contribution in [3.05, 3.63) is 78.1 Å². The fraction of sp³-hybridized carbons (Fsp3) is 0.130. The van der Waals surface area contributed by atoms with Crippen LogP contribution in [0, 0.1) is 6.92 Å². The summed E-state index contributed by atoms with van der Waals surface area (Å²) in [5.41, 5.74) is 4.79. The van der Waals surface area contributed by atoms with Crippen LogP contribution in [0.2, 0.25) is 0 Å². The Morgan fingerprint density at radius 2 is 1.89 bits per heavy atom. The van der Waals surface area contributed by atoms with E-state index < -0.39 is 0 Å². The minimum atomic E-state index is -0.179. The first-order chi connectivity index (χ1) is 13.5. The van der Waals surface area contributed by atoms with E-state index in [1.54, 1.807) is 12.3 Å². The molecular formula is C23H21N3O2. The number of hydrogen-bond acceptors (Lipinski definition) is 4. The number of nitrogens with zero attached hydrogens (tertiary/aromatic N) is 2. The number of aromatic nitrogens is 1. The van der Waals surface area contributed by atoms with Gasteiger partial charge < -0.3 is 14.6 Å². The molecule has 0 spiro atoms. The summed E-state index contributed by atoms with van der Waals surface area (Å²) in [5.74, 6) is 0.452. The Kier molecular flexibility index (Phi) is 4.57. The zero-order valence-corrected chi connectivity index (χ0v) is 16.1. The van der Waals surface area contributed by atoms with Crippen LogP contribution in [0.5, 0.6) is 0 Å². The van der Waals surface area contributed by atoms with Crippen LogP contribution in [-0.2, 0) is 0 Å². The van der Waals surface area contributed by atoms with Crippen LogP contribution < -0.4 is 10.2 Å². The molecule has 0 bridgehead atoms. The number of hydrogen-bond donors (Lipinski definition) is 1. The molecule has 0 saturated heterocycles. The molecule has 2 heterocycles. The molecule has 1 amide bonds. The third-order valence-electron chi connectivity index (χ3n) is 4.60. The molecule has 2 aromatic carbocycles. The number of benzene rings is 2. The van der Waals surface area contributed by atoms with Gasteiger partial charge in [0.2, 0.25) is 0 Å². The van der Waals surface area contributed by atoms with Gasteiger partial charge in [0.1, 0.15) is 5.69 Å². The molecule has 0 fully saturated rings. The van der Waals surface area contributed by atoms with Crippen LogP contribution in [0.4, 0.5) is 11.4 Å². The average Bonchev–Trinajstić information content (AvgIpc) is 3.22. The van der Waals surface area contributed by atoms with E-state index in [0.29, 0.717) is 17.0 Å². The number of pyridine rings is 1. The van der Waals surface area contributed by atoms with Crippen LogP contribution in [0.3, 0.4) is 0 Å². The van der Waals surface area contributed by atoms with Crippen molar-refractivity contribution in [3.8, 4) is 11.5 Å². The van der Waals surface area contributed by atoms with Gasteiger partial charge in [0.25, 0.3) is 5.91 Å². The van der Waals surface area contributed by atoms with Crippen LogP contribution in [-0.4, -0.2) is 25.0 Å². The van der Waals surface area contributed by atoms with Gasteiger partial charge in [-0.15, -0.1) is 0 Å². The average molecular weight is 371 g/mol. The van der Waals surface area contributed by atoms with E-state index in [-0.39, 0.29) is 5.91 Å². The van der Waals surface area contributed by atoms with Gasteiger partial charge in [-0.1, -0.05) is 17.7 Å². The molecule has 4 aromatic rings. The zero-order valence-electron chi connectivity index (χ0n) is 16.1. The monoisotopic (exact) mass is 371 g/mol. The molecule has 1 N–H and O–H groups in total. The SMILES string of the molecule is Cc1ccc2nc(-c3ccco3)cc(C(=O)Nc3cccc(N(C)C)c3)c2c1. The minimum absolute atomic E-state index is 0.179. The number of rotatable bonds is 4. The van der Waals surface area contributed by atoms with Crippen molar-refractivity contribution in [1.29, 1.82) is 0 Å². The molecule has 28 heavy (non-hydrogen) atoms. The summed E-state index contributed by atoms with van der Waals surface area (Å²) >= 11 is 0. The lowest BCUT2D eigenvalue weighted by molar-refractivity contribution is 0.102. The molecule has 140 valence electrons. The Bertz CT molecular complexity index is 1150. The normalized spacial score (nSPS) is 10.8. The lowest BCUT2D eigenvalue weighted by Gasteiger charge is -2.15. The number of aryl methyl sites for hydroxylation is 1. The van der Waals surface area contributed by atoms with E-state index in [4.69, 9.17) is 4.42 Å². The number of carbonyl (C=O) groups is 1. The summed E-state index contributed by atoms with van der Waals surface area (Å²) in [6.45, 7) is 2.00. The Hall–Kier alpha value is -3.60. The summed E-state index contributed by atoms with van der Waals surface area (Å²) < 4.78 is 5.49. The van der Waals surface area contributed by atoms with Gasteiger partial charge in [0, 0.05) is 30.9 Å². The van der Waals surface area contributed by atoms with E-state index in [1.807, 2.05) is 80.5 Å². The third kappa shape index (κ3) is 3.47. The second-order valence-corrected chi connectivity index (χ2v) is 6.95. The van der Waals surface area contributed by atoms with Gasteiger partial charge in [-0.25, -0.2) is 4.98 Å². The Morgan fingerprint density at radius 1 is 1.04 bits per heavy atom. The number of amides is 1. The molecule has 5 nitrogen and oxygen atoms in total. The maximum absolute atomic E-state index is 13.2. The fourth-order valence-electron chi connectivity index (χ4n) is 3.14. The summed E-state index contributed by atoms with van der Waals surface area (Å²) in [5, 5.41) is 3.83. The predicted octanol–water partition coefficient (Wildman–Crippen LogP) is 5.12. The lowest BCUT2D eigenvalue weighted by atomic mass is 10.0. The topological polar surface area (TPSA) is 58.4 Å².